The van der Waals surface area contributed by atoms with Crippen molar-refractivity contribution in [1.82, 2.24) is 14.9 Å². The number of aromatic hydroxyl groups is 3. The van der Waals surface area contributed by atoms with E-state index in [0.29, 0.717) is 44.3 Å². The number of carbonyl (C=O) groups excluding carboxylic acids is 3. The number of phenols is 3. The number of H-pyrrole nitrogens is 1. The Kier molecular flexibility index (Phi) is 14.4. The lowest BCUT2D eigenvalue weighted by Crippen LogP contribution is -2.35. The number of ether oxygens (including phenoxy) is 3. The molecule has 9 rings (SSSR count). The number of phenolic OH excluding ortho intramolecular Hbond substituents is 3. The minimum absolute atomic E-state index is 0.0117. The van der Waals surface area contributed by atoms with E-state index >= 15 is 0 Å². The lowest BCUT2D eigenvalue weighted by Gasteiger charge is -2.38. The molecule has 0 amide bonds. The number of esters is 1. The van der Waals surface area contributed by atoms with Gasteiger partial charge in [0.05, 0.1) is 18.8 Å². The van der Waals surface area contributed by atoms with Gasteiger partial charge in [0, 0.05) is 86.8 Å². The summed E-state index contributed by atoms with van der Waals surface area (Å²) in [4.78, 5) is 46.0. The van der Waals surface area contributed by atoms with Crippen molar-refractivity contribution < 1.29 is 43.9 Å². The summed E-state index contributed by atoms with van der Waals surface area (Å²) in [5.74, 6) is 0.625. The number of aromatic nitrogens is 2. The zero-order chi connectivity index (χ0) is 50.5. The van der Waals surface area contributed by atoms with Gasteiger partial charge in [0.1, 0.15) is 40.7 Å². The number of nitrogens with one attached hydrogen (secondary N) is 2. The van der Waals surface area contributed by atoms with Gasteiger partial charge in [-0.05, 0) is 120 Å². The van der Waals surface area contributed by atoms with E-state index in [2.05, 4.69) is 77.0 Å². The van der Waals surface area contributed by atoms with Crippen molar-refractivity contribution in [3.05, 3.63) is 174 Å². The molecule has 13 nitrogen and oxygen atoms in total. The van der Waals surface area contributed by atoms with Gasteiger partial charge in [-0.15, -0.1) is 0 Å². The van der Waals surface area contributed by atoms with E-state index in [4.69, 9.17) is 14.2 Å². The van der Waals surface area contributed by atoms with Crippen LogP contribution in [0.15, 0.2) is 152 Å². The maximum Gasteiger partial charge on any atom is 0.302 e. The van der Waals surface area contributed by atoms with Gasteiger partial charge in [-0.1, -0.05) is 67.6 Å². The first-order chi connectivity index (χ1) is 34.7. The molecule has 0 saturated carbocycles. The number of hydrogen-bond acceptors (Lipinski definition) is 11. The SMILES string of the molecule is COc1cc([C@@H]2CC(=O)C[C@H](OC(C)=O)CC[C@@]3(C=CC=C[C@@H]3C)Cc3c[nH]cc3C[C@@H](c3cccc(O)c3)C3=CCNC(=C3)N(CCC(C)=O)c3cccc4cn2cc34)cc(O)c1Oc1cccc(O)c1. The molecule has 4 heterocycles. The number of hydrogen-bond donors (Lipinski definition) is 5. The molecule has 2 aliphatic heterocycles. The number of Topliss-reactive ketones (excluding diaryl/α,β-unsaturated/α-hetero) is 2. The largest absolute Gasteiger partial charge is 0.508 e. The summed E-state index contributed by atoms with van der Waals surface area (Å²) < 4.78 is 19.9. The average Bonchev–Trinajstić information content (AvgIpc) is 3.99. The molecule has 372 valence electrons. The highest BCUT2D eigenvalue weighted by Crippen LogP contribution is 2.46. The number of ketones is 2. The number of nitrogens with zero attached hydrogens (tertiary/aromatic N) is 2. The second-order valence-corrected chi connectivity index (χ2v) is 19.4. The van der Waals surface area contributed by atoms with Crippen LogP contribution in [0.3, 0.4) is 0 Å². The van der Waals surface area contributed by atoms with Crippen LogP contribution < -0.4 is 19.7 Å². The molecule has 72 heavy (non-hydrogen) atoms. The van der Waals surface area contributed by atoms with Crippen molar-refractivity contribution in [1.29, 1.82) is 0 Å². The first kappa shape index (κ1) is 49.1. The molecular weight excluding hydrogens is 909 g/mol. The minimum Gasteiger partial charge on any atom is -0.508 e. The number of dihydropyridines is 1. The van der Waals surface area contributed by atoms with Crippen molar-refractivity contribution >= 4 is 34.0 Å². The van der Waals surface area contributed by atoms with E-state index in [1.165, 1.54) is 26.2 Å². The van der Waals surface area contributed by atoms with Gasteiger partial charge in [0.2, 0.25) is 5.75 Å². The molecule has 3 aliphatic rings. The summed E-state index contributed by atoms with van der Waals surface area (Å²) in [6.45, 7) is 6.06. The lowest BCUT2D eigenvalue weighted by molar-refractivity contribution is -0.148. The van der Waals surface area contributed by atoms with E-state index in [9.17, 15) is 29.7 Å². The number of carbonyl (C=O) groups is 3. The molecule has 0 saturated heterocycles. The molecule has 4 bridgehead atoms. The van der Waals surface area contributed by atoms with E-state index in [1.807, 2.05) is 47.3 Å². The monoisotopic (exact) mass is 970 g/mol. The zero-order valence-electron chi connectivity index (χ0n) is 41.1. The topological polar surface area (TPSA) is 176 Å². The quantitative estimate of drug-likeness (QED) is 0.0872. The van der Waals surface area contributed by atoms with Crippen molar-refractivity contribution in [2.24, 2.45) is 11.3 Å². The van der Waals surface area contributed by atoms with E-state index < -0.39 is 18.1 Å². The first-order valence-electron chi connectivity index (χ1n) is 24.6. The minimum atomic E-state index is -0.716. The van der Waals surface area contributed by atoms with Gasteiger partial charge in [-0.2, -0.15) is 0 Å². The van der Waals surface area contributed by atoms with Crippen LogP contribution >= 0.6 is 0 Å². The first-order valence-corrected chi connectivity index (χ1v) is 24.6. The van der Waals surface area contributed by atoms with Crippen LogP contribution in [0.4, 0.5) is 5.69 Å². The Morgan fingerprint density at radius 1 is 0.875 bits per heavy atom. The van der Waals surface area contributed by atoms with Crippen molar-refractivity contribution in [2.75, 3.05) is 25.1 Å². The summed E-state index contributed by atoms with van der Waals surface area (Å²) in [6, 6.07) is 22.3. The molecule has 6 aromatic rings. The van der Waals surface area contributed by atoms with Crippen LogP contribution in [-0.4, -0.2) is 68.7 Å². The summed E-state index contributed by atoms with van der Waals surface area (Å²) in [5, 5.41) is 38.1. The maximum absolute atomic E-state index is 14.8. The fourth-order valence-electron chi connectivity index (χ4n) is 10.7. The fourth-order valence-corrected chi connectivity index (χ4v) is 10.7. The average molecular weight is 971 g/mol. The predicted molar refractivity (Wildman–Crippen MR) is 278 cm³/mol. The summed E-state index contributed by atoms with van der Waals surface area (Å²) in [6.07, 6.45) is 22.9. The Balaban J connectivity index is 1.21. The highest BCUT2D eigenvalue weighted by Gasteiger charge is 2.37. The van der Waals surface area contributed by atoms with Crippen LogP contribution in [0.2, 0.25) is 0 Å². The maximum atomic E-state index is 14.8. The molecular formula is C59H62N4O9. The zero-order valence-corrected chi connectivity index (χ0v) is 41.1. The van der Waals surface area contributed by atoms with Crippen LogP contribution in [0, 0.1) is 11.3 Å². The van der Waals surface area contributed by atoms with Crippen LogP contribution in [-0.2, 0) is 32.0 Å². The molecule has 2 aromatic heterocycles. The lowest BCUT2D eigenvalue weighted by atomic mass is 9.66. The molecule has 5 atom stereocenters. The molecule has 0 fully saturated rings. The summed E-state index contributed by atoms with van der Waals surface area (Å²) in [5.41, 5.74) is 5.31. The summed E-state index contributed by atoms with van der Waals surface area (Å²) in [7, 11) is 1.47. The van der Waals surface area contributed by atoms with E-state index in [0.717, 1.165) is 44.5 Å². The van der Waals surface area contributed by atoms with Gasteiger partial charge in [-0.3, -0.25) is 14.4 Å². The van der Waals surface area contributed by atoms with Gasteiger partial charge >= 0.3 is 5.97 Å². The third kappa shape index (κ3) is 10.8. The van der Waals surface area contributed by atoms with Crippen LogP contribution in [0.1, 0.15) is 87.1 Å². The Morgan fingerprint density at radius 2 is 1.67 bits per heavy atom. The molecule has 0 unspecified atom stereocenters. The Hall–Kier alpha value is -7.93. The van der Waals surface area contributed by atoms with E-state index in [-0.39, 0.29) is 82.6 Å². The molecule has 1 aliphatic carbocycles. The number of rotatable bonds is 9. The molecule has 1 spiro atoms. The predicted octanol–water partition coefficient (Wildman–Crippen LogP) is 11.0. The Morgan fingerprint density at radius 3 is 2.43 bits per heavy atom. The number of fused-ring (bicyclic) bond motifs is 3. The molecule has 0 radical (unpaired) electrons. The highest BCUT2D eigenvalue weighted by atomic mass is 16.5. The second kappa shape index (κ2) is 21.2. The number of benzene rings is 4. The van der Waals surface area contributed by atoms with Gasteiger partial charge in [0.25, 0.3) is 0 Å². The van der Waals surface area contributed by atoms with Crippen molar-refractivity contribution in [2.45, 2.75) is 83.8 Å². The van der Waals surface area contributed by atoms with Crippen molar-refractivity contribution in [3.63, 3.8) is 0 Å². The van der Waals surface area contributed by atoms with Gasteiger partial charge in [0.15, 0.2) is 11.5 Å². The van der Waals surface area contributed by atoms with Crippen LogP contribution in [0.25, 0.3) is 10.8 Å². The highest BCUT2D eigenvalue weighted by molar-refractivity contribution is 5.95. The third-order valence-corrected chi connectivity index (χ3v) is 14.5. The standard InChI is InChI=1S/C59H62N4O9/c1-37-10-5-6-20-59(37)21-17-50(71-39(3)65)30-48(68)31-54(43-26-55(69)58(56(27-43)70-4)72-49-15-9-14-47(67)29-49)62-35-42-12-8-16-53(52(42)36-62)63(23-19-38(2)64)57-28-41(18-22-61-57)51(40-11-7-13-46(66)24-40)25-44-33-60-34-45(44)32-59/h5-16,18,20,24,26-29,33-37,50-51,54,60-61,66-67,69H,17,19,21-23,25,30-32H2,1-4H3/t37-,50+,51-,54-,59-/m0/s1. The second-order valence-electron chi connectivity index (χ2n) is 19.4. The fraction of sp³-hybridized carbons (Fsp3) is 0.305. The number of aromatic amines is 1. The van der Waals surface area contributed by atoms with Gasteiger partial charge < -0.3 is 49.3 Å². The Bertz CT molecular complexity index is 3120. The van der Waals surface area contributed by atoms with Crippen molar-refractivity contribution in [3.8, 4) is 34.5 Å². The number of methoxy groups -OCH3 is 1. The normalized spacial score (nSPS) is 21.6. The smallest absolute Gasteiger partial charge is 0.302 e. The molecule has 13 heteroatoms. The third-order valence-electron chi connectivity index (χ3n) is 14.5. The van der Waals surface area contributed by atoms with E-state index in [1.54, 1.807) is 37.3 Å². The summed E-state index contributed by atoms with van der Waals surface area (Å²) >= 11 is 0. The molecule has 5 N–H and O–H groups in total. The van der Waals surface area contributed by atoms with Gasteiger partial charge in [-0.25, -0.2) is 0 Å². The van der Waals surface area contributed by atoms with Crippen LogP contribution in [0.5, 0.6) is 34.5 Å². The number of allylic oxidation sites excluding steroid dienone is 6. The number of anilines is 1. The Labute approximate surface area is 419 Å². The molecule has 4 aromatic carbocycles.